The van der Waals surface area contributed by atoms with E-state index in [4.69, 9.17) is 21.7 Å². The predicted octanol–water partition coefficient (Wildman–Crippen LogP) is 4.19. The van der Waals surface area contributed by atoms with E-state index in [1.54, 1.807) is 23.2 Å². The Bertz CT molecular complexity index is 877. The number of amides is 1. The molecule has 3 heterocycles. The van der Waals surface area contributed by atoms with Gasteiger partial charge in [-0.3, -0.25) is 19.5 Å². The first kappa shape index (κ1) is 19.3. The van der Waals surface area contributed by atoms with Crippen LogP contribution in [0.25, 0.3) is 17.5 Å². The number of carboxylic acid groups (broad SMARTS) is 1. The zero-order chi connectivity index (χ0) is 19.2. The van der Waals surface area contributed by atoms with Gasteiger partial charge in [0, 0.05) is 25.2 Å². The fourth-order valence-corrected chi connectivity index (χ4v) is 3.91. The Morgan fingerprint density at radius 3 is 2.85 bits per heavy atom. The molecular weight excluding hydrogens is 384 g/mol. The van der Waals surface area contributed by atoms with Crippen LogP contribution in [0.1, 0.15) is 31.4 Å². The molecule has 8 heteroatoms. The molecule has 1 fully saturated rings. The second kappa shape index (κ2) is 8.96. The maximum Gasteiger partial charge on any atom is 0.303 e. The van der Waals surface area contributed by atoms with Crippen molar-refractivity contribution >= 4 is 46.3 Å². The van der Waals surface area contributed by atoms with E-state index >= 15 is 0 Å². The van der Waals surface area contributed by atoms with Crippen LogP contribution in [0.2, 0.25) is 0 Å². The van der Waals surface area contributed by atoms with Crippen molar-refractivity contribution in [2.24, 2.45) is 0 Å². The van der Waals surface area contributed by atoms with Gasteiger partial charge in [-0.15, -0.1) is 0 Å². The number of thioether (sulfide) groups is 1. The first-order valence-electron chi connectivity index (χ1n) is 8.53. The molecule has 0 atom stereocenters. The number of thiocarbonyl (C=S) groups is 1. The minimum atomic E-state index is -0.799. The lowest BCUT2D eigenvalue weighted by Gasteiger charge is -2.13. The molecule has 0 unspecified atom stereocenters. The van der Waals surface area contributed by atoms with Crippen molar-refractivity contribution in [3.8, 4) is 11.5 Å². The van der Waals surface area contributed by atoms with Gasteiger partial charge >= 0.3 is 5.97 Å². The van der Waals surface area contributed by atoms with Crippen molar-refractivity contribution in [2.75, 3.05) is 6.54 Å². The number of rotatable bonds is 8. The van der Waals surface area contributed by atoms with Crippen molar-refractivity contribution < 1.29 is 19.1 Å². The number of hydrogen-bond acceptors (Lipinski definition) is 6. The second-order valence-corrected chi connectivity index (χ2v) is 7.63. The topological polar surface area (TPSA) is 83.6 Å². The summed E-state index contributed by atoms with van der Waals surface area (Å²) in [5.74, 6) is 0.263. The molecule has 0 bridgehead atoms. The number of aliphatic carboxylic acids is 1. The van der Waals surface area contributed by atoms with Crippen molar-refractivity contribution in [1.29, 1.82) is 0 Å². The Morgan fingerprint density at radius 2 is 2.11 bits per heavy atom. The number of pyridine rings is 1. The third-order valence-corrected chi connectivity index (χ3v) is 5.34. The highest BCUT2D eigenvalue weighted by Crippen LogP contribution is 2.33. The van der Waals surface area contributed by atoms with E-state index in [1.807, 2.05) is 24.3 Å². The van der Waals surface area contributed by atoms with E-state index < -0.39 is 5.97 Å². The molecule has 1 aliphatic rings. The second-order valence-electron chi connectivity index (χ2n) is 5.95. The minimum absolute atomic E-state index is 0.140. The maximum absolute atomic E-state index is 12.6. The SMILES string of the molecule is O=C(O)CCCCCN1C(=O)/C(=C\c2ccc(-c3ccccn3)o2)SC1=S. The van der Waals surface area contributed by atoms with Crippen LogP contribution in [0.4, 0.5) is 0 Å². The summed E-state index contributed by atoms with van der Waals surface area (Å²) in [6.45, 7) is 0.499. The fraction of sp³-hybridized carbons (Fsp3) is 0.263. The van der Waals surface area contributed by atoms with Gasteiger partial charge in [-0.2, -0.15) is 0 Å². The third-order valence-electron chi connectivity index (χ3n) is 3.96. The summed E-state index contributed by atoms with van der Waals surface area (Å²) in [6, 6.07) is 9.18. The van der Waals surface area contributed by atoms with Crippen LogP contribution in [-0.2, 0) is 9.59 Å². The van der Waals surface area contributed by atoms with Gasteiger partial charge < -0.3 is 9.52 Å². The summed E-state index contributed by atoms with van der Waals surface area (Å²) in [5, 5.41) is 8.65. The molecule has 2 aromatic rings. The number of carbonyl (C=O) groups excluding carboxylic acids is 1. The lowest BCUT2D eigenvalue weighted by molar-refractivity contribution is -0.137. The molecular formula is C19H18N2O4S2. The molecule has 1 N–H and O–H groups in total. The minimum Gasteiger partial charge on any atom is -0.481 e. The van der Waals surface area contributed by atoms with Gasteiger partial charge in [0.2, 0.25) is 0 Å². The normalized spacial score (nSPS) is 15.7. The van der Waals surface area contributed by atoms with Crippen LogP contribution in [0.5, 0.6) is 0 Å². The highest BCUT2D eigenvalue weighted by molar-refractivity contribution is 8.26. The van der Waals surface area contributed by atoms with Gasteiger partial charge in [-0.25, -0.2) is 0 Å². The average Bonchev–Trinajstić information content (AvgIpc) is 3.22. The highest BCUT2D eigenvalue weighted by Gasteiger charge is 2.31. The molecule has 2 aromatic heterocycles. The zero-order valence-electron chi connectivity index (χ0n) is 14.5. The molecule has 0 spiro atoms. The van der Waals surface area contributed by atoms with Crippen molar-refractivity contribution in [3.05, 3.63) is 47.2 Å². The monoisotopic (exact) mass is 402 g/mol. The summed E-state index contributed by atoms with van der Waals surface area (Å²) in [7, 11) is 0. The number of hydrogen-bond donors (Lipinski definition) is 1. The molecule has 27 heavy (non-hydrogen) atoms. The van der Waals surface area contributed by atoms with Gasteiger partial charge in [0.1, 0.15) is 15.8 Å². The molecule has 0 radical (unpaired) electrons. The number of aromatic nitrogens is 1. The number of carbonyl (C=O) groups is 2. The van der Waals surface area contributed by atoms with E-state index in [-0.39, 0.29) is 12.3 Å². The van der Waals surface area contributed by atoms with E-state index in [0.29, 0.717) is 33.7 Å². The van der Waals surface area contributed by atoms with Gasteiger partial charge in [-0.1, -0.05) is 36.5 Å². The predicted molar refractivity (Wildman–Crippen MR) is 108 cm³/mol. The maximum atomic E-state index is 12.6. The van der Waals surface area contributed by atoms with Crippen molar-refractivity contribution in [1.82, 2.24) is 9.88 Å². The molecule has 3 rings (SSSR count). The number of furan rings is 1. The summed E-state index contributed by atoms with van der Waals surface area (Å²) in [5.41, 5.74) is 0.728. The van der Waals surface area contributed by atoms with Crippen molar-refractivity contribution in [3.63, 3.8) is 0 Å². The smallest absolute Gasteiger partial charge is 0.303 e. The van der Waals surface area contributed by atoms with E-state index in [2.05, 4.69) is 4.98 Å². The molecule has 1 aliphatic heterocycles. The van der Waals surface area contributed by atoms with E-state index in [0.717, 1.165) is 18.5 Å². The standard InChI is InChI=1S/C19H18N2O4S2/c22-17(23)7-2-1-5-11-21-18(24)16(27-19(21)26)12-13-8-9-15(25-13)14-6-3-4-10-20-14/h3-4,6,8-10,12H,1-2,5,7,11H2,(H,22,23)/b16-12+. The van der Waals surface area contributed by atoms with Gasteiger partial charge in [0.15, 0.2) is 5.76 Å². The van der Waals surface area contributed by atoms with Crippen LogP contribution >= 0.6 is 24.0 Å². The Morgan fingerprint density at radius 1 is 1.26 bits per heavy atom. The number of carboxylic acids is 1. The molecule has 0 saturated carbocycles. The Balaban J connectivity index is 1.61. The Hall–Kier alpha value is -2.45. The molecule has 1 amide bonds. The van der Waals surface area contributed by atoms with Crippen LogP contribution in [0, 0.1) is 0 Å². The summed E-state index contributed by atoms with van der Waals surface area (Å²) in [4.78, 5) is 29.4. The summed E-state index contributed by atoms with van der Waals surface area (Å²) in [6.07, 6.45) is 5.60. The number of nitrogens with zero attached hydrogens (tertiary/aromatic N) is 2. The summed E-state index contributed by atoms with van der Waals surface area (Å²) < 4.78 is 6.28. The van der Waals surface area contributed by atoms with Gasteiger partial charge in [0.25, 0.3) is 5.91 Å². The van der Waals surface area contributed by atoms with Gasteiger partial charge in [-0.05, 0) is 37.1 Å². The fourth-order valence-electron chi connectivity index (χ4n) is 2.62. The molecule has 0 aromatic carbocycles. The van der Waals surface area contributed by atoms with Crippen LogP contribution in [-0.4, -0.2) is 37.7 Å². The van der Waals surface area contributed by atoms with Crippen LogP contribution in [0.15, 0.2) is 45.9 Å². The molecule has 0 aliphatic carbocycles. The largest absolute Gasteiger partial charge is 0.481 e. The highest BCUT2D eigenvalue weighted by atomic mass is 32.2. The van der Waals surface area contributed by atoms with Crippen LogP contribution < -0.4 is 0 Å². The summed E-state index contributed by atoms with van der Waals surface area (Å²) >= 11 is 6.55. The lowest BCUT2D eigenvalue weighted by Crippen LogP contribution is -2.29. The third kappa shape index (κ3) is 5.05. The first-order valence-corrected chi connectivity index (χ1v) is 9.75. The van der Waals surface area contributed by atoms with Crippen LogP contribution in [0.3, 0.4) is 0 Å². The molecule has 140 valence electrons. The average molecular weight is 402 g/mol. The Kier molecular flexibility index (Phi) is 6.41. The van der Waals surface area contributed by atoms with E-state index in [9.17, 15) is 9.59 Å². The lowest BCUT2D eigenvalue weighted by atomic mass is 10.2. The Labute approximate surface area is 166 Å². The van der Waals surface area contributed by atoms with E-state index in [1.165, 1.54) is 11.8 Å². The quantitative estimate of drug-likeness (QED) is 0.403. The van der Waals surface area contributed by atoms with Crippen molar-refractivity contribution in [2.45, 2.75) is 25.7 Å². The zero-order valence-corrected chi connectivity index (χ0v) is 16.1. The van der Waals surface area contributed by atoms with Gasteiger partial charge in [0.05, 0.1) is 4.91 Å². The first-order chi connectivity index (χ1) is 13.0. The number of unbranched alkanes of at least 4 members (excludes halogenated alkanes) is 2. The molecule has 6 nitrogen and oxygen atoms in total. The molecule has 1 saturated heterocycles.